The lowest BCUT2D eigenvalue weighted by atomic mass is 10.0. The first-order valence-corrected chi connectivity index (χ1v) is 12.9. The Bertz CT molecular complexity index is 1350. The van der Waals surface area contributed by atoms with Crippen molar-refractivity contribution in [3.05, 3.63) is 47.8 Å². The molecule has 2 N–H and O–H groups in total. The van der Waals surface area contributed by atoms with Gasteiger partial charge in [0.05, 0.1) is 24.6 Å². The van der Waals surface area contributed by atoms with E-state index >= 15 is 4.39 Å². The molecule has 2 aliphatic heterocycles. The number of alkyl halides is 3. The van der Waals surface area contributed by atoms with Crippen LogP contribution in [0.3, 0.4) is 0 Å². The van der Waals surface area contributed by atoms with Gasteiger partial charge in [0, 0.05) is 67.8 Å². The van der Waals surface area contributed by atoms with Crippen molar-refractivity contribution in [1.29, 1.82) is 0 Å². The highest BCUT2D eigenvalue weighted by molar-refractivity contribution is 6.05. The van der Waals surface area contributed by atoms with Crippen LogP contribution in [-0.2, 0) is 10.9 Å². The molecule has 0 radical (unpaired) electrons. The number of rotatable bonds is 5. The summed E-state index contributed by atoms with van der Waals surface area (Å²) >= 11 is 0. The average molecular weight is 563 g/mol. The number of aromatic amines is 1. The number of anilines is 3. The smallest absolute Gasteiger partial charge is 0.378 e. The first-order chi connectivity index (χ1) is 19.0. The van der Waals surface area contributed by atoms with Gasteiger partial charge in [0.15, 0.2) is 5.69 Å². The fourth-order valence-corrected chi connectivity index (χ4v) is 4.90. The molecule has 1 aromatic carbocycles. The summed E-state index contributed by atoms with van der Waals surface area (Å²) in [6.45, 7) is 7.61. The van der Waals surface area contributed by atoms with Crippen molar-refractivity contribution in [2.24, 2.45) is 0 Å². The Morgan fingerprint density at radius 2 is 1.70 bits per heavy atom. The number of likely N-dealkylation sites (N-methyl/N-ethyl adjacent to an activating group) is 1. The fraction of sp³-hybridized carbons (Fsp3) is 0.462. The van der Waals surface area contributed by atoms with Gasteiger partial charge >= 0.3 is 6.18 Å². The zero-order valence-corrected chi connectivity index (χ0v) is 22.3. The maximum absolute atomic E-state index is 15.6. The average Bonchev–Trinajstić information content (AvgIpc) is 3.44. The van der Waals surface area contributed by atoms with Crippen molar-refractivity contribution < 1.29 is 27.1 Å². The lowest BCUT2D eigenvalue weighted by Crippen LogP contribution is -2.55. The highest BCUT2D eigenvalue weighted by Gasteiger charge is 2.34. The summed E-state index contributed by atoms with van der Waals surface area (Å²) in [4.78, 5) is 27.9. The number of morpholine rings is 1. The molecule has 40 heavy (non-hydrogen) atoms. The molecule has 2 aromatic heterocycles. The number of hydrogen-bond acceptors (Lipinski definition) is 8. The predicted octanol–water partition coefficient (Wildman–Crippen LogP) is 3.64. The third-order valence-electron chi connectivity index (χ3n) is 7.39. The van der Waals surface area contributed by atoms with E-state index in [2.05, 4.69) is 25.3 Å². The summed E-state index contributed by atoms with van der Waals surface area (Å²) in [5.74, 6) is -0.911. The van der Waals surface area contributed by atoms with Crippen molar-refractivity contribution in [3.63, 3.8) is 0 Å². The van der Waals surface area contributed by atoms with E-state index in [1.54, 1.807) is 0 Å². The van der Waals surface area contributed by atoms with Gasteiger partial charge in [-0.05, 0) is 33.0 Å². The van der Waals surface area contributed by atoms with E-state index in [-0.39, 0.29) is 23.3 Å². The standard InChI is InChI=1S/C26H30F4N8O2/c1-15-13-38(14-16(2)36(15)3)22-9-19(27)18(17-11-31-25(32-12-17)37-4-6-40-7-5-37)8-20(22)33-24(39)21-10-23(35-34-21)26(28,29)30/h8-12,15-16H,4-7,13-14H2,1-3H3,(H,33,39)(H,34,35). The maximum Gasteiger partial charge on any atom is 0.432 e. The highest BCUT2D eigenvalue weighted by atomic mass is 19.4. The van der Waals surface area contributed by atoms with Crippen molar-refractivity contribution in [2.75, 3.05) is 61.6 Å². The molecule has 2 fully saturated rings. The number of carbonyl (C=O) groups is 1. The molecule has 4 heterocycles. The minimum atomic E-state index is -4.68. The first-order valence-electron chi connectivity index (χ1n) is 12.9. The molecule has 10 nitrogen and oxygen atoms in total. The van der Waals surface area contributed by atoms with E-state index in [1.807, 2.05) is 35.8 Å². The second-order valence-corrected chi connectivity index (χ2v) is 10.1. The van der Waals surface area contributed by atoms with E-state index in [1.165, 1.54) is 24.5 Å². The summed E-state index contributed by atoms with van der Waals surface area (Å²) in [7, 11) is 2.01. The zero-order chi connectivity index (χ0) is 28.6. The van der Waals surface area contributed by atoms with Gasteiger partial charge in [0.1, 0.15) is 11.5 Å². The monoisotopic (exact) mass is 562 g/mol. The van der Waals surface area contributed by atoms with Crippen LogP contribution in [0, 0.1) is 5.82 Å². The summed E-state index contributed by atoms with van der Waals surface area (Å²) < 4.78 is 60.2. The van der Waals surface area contributed by atoms with Gasteiger partial charge in [-0.2, -0.15) is 18.3 Å². The third-order valence-corrected chi connectivity index (χ3v) is 7.39. The van der Waals surface area contributed by atoms with Crippen LogP contribution in [0.5, 0.6) is 0 Å². The maximum atomic E-state index is 15.6. The zero-order valence-electron chi connectivity index (χ0n) is 22.3. The Hall–Kier alpha value is -3.78. The number of aromatic nitrogens is 4. The molecule has 1 amide bonds. The van der Waals surface area contributed by atoms with Gasteiger partial charge in [-0.15, -0.1) is 0 Å². The van der Waals surface area contributed by atoms with Crippen LogP contribution in [0.2, 0.25) is 0 Å². The number of H-pyrrole nitrogens is 1. The van der Waals surface area contributed by atoms with Gasteiger partial charge < -0.3 is 19.9 Å². The molecule has 0 saturated carbocycles. The van der Waals surface area contributed by atoms with Crippen LogP contribution in [0.25, 0.3) is 11.1 Å². The first kappa shape index (κ1) is 27.8. The number of nitrogens with zero attached hydrogens (tertiary/aromatic N) is 6. The minimum absolute atomic E-state index is 0.136. The lowest BCUT2D eigenvalue weighted by Gasteiger charge is -2.44. The Kier molecular flexibility index (Phi) is 7.64. The van der Waals surface area contributed by atoms with Crippen molar-refractivity contribution in [3.8, 4) is 11.1 Å². The molecule has 2 aliphatic rings. The summed E-state index contributed by atoms with van der Waals surface area (Å²) in [5, 5.41) is 8.02. The van der Waals surface area contributed by atoms with Gasteiger partial charge in [0.25, 0.3) is 5.91 Å². The summed E-state index contributed by atoms with van der Waals surface area (Å²) in [6.07, 6.45) is -1.67. The SMILES string of the molecule is CC1CN(c2cc(F)c(-c3cnc(N4CCOCC4)nc3)cc2NC(=O)c2cc(C(F)(F)F)[nH]n2)CC(C)N1C. The molecule has 2 saturated heterocycles. The van der Waals surface area contributed by atoms with Crippen LogP contribution in [0.1, 0.15) is 30.0 Å². The van der Waals surface area contributed by atoms with Crippen LogP contribution in [0.4, 0.5) is 34.9 Å². The molecule has 214 valence electrons. The molecule has 2 unspecified atom stereocenters. The van der Waals surface area contributed by atoms with E-state index in [0.717, 1.165) is 0 Å². The van der Waals surface area contributed by atoms with Crippen LogP contribution in [-0.4, -0.2) is 89.5 Å². The minimum Gasteiger partial charge on any atom is -0.378 e. The molecular formula is C26H30F4N8O2. The van der Waals surface area contributed by atoms with Gasteiger partial charge in [-0.3, -0.25) is 14.8 Å². The summed E-state index contributed by atoms with van der Waals surface area (Å²) in [5.41, 5.74) is -0.408. The molecule has 14 heteroatoms. The number of carbonyl (C=O) groups excluding carboxylic acids is 1. The number of amides is 1. The van der Waals surface area contributed by atoms with Crippen LogP contribution in [0.15, 0.2) is 30.6 Å². The second kappa shape index (κ2) is 11.0. The largest absolute Gasteiger partial charge is 0.432 e. The molecule has 0 spiro atoms. The van der Waals surface area contributed by atoms with E-state index in [4.69, 9.17) is 4.74 Å². The highest BCUT2D eigenvalue weighted by Crippen LogP contribution is 2.36. The summed E-state index contributed by atoms with van der Waals surface area (Å²) in [6, 6.07) is 3.70. The fourth-order valence-electron chi connectivity index (χ4n) is 4.90. The predicted molar refractivity (Wildman–Crippen MR) is 141 cm³/mol. The number of benzene rings is 1. The molecule has 2 atom stereocenters. The van der Waals surface area contributed by atoms with E-state index in [0.29, 0.717) is 62.7 Å². The Morgan fingerprint density at radius 3 is 2.30 bits per heavy atom. The number of ether oxygens (including phenoxy) is 1. The quantitative estimate of drug-likeness (QED) is 0.455. The number of piperazine rings is 1. The van der Waals surface area contributed by atoms with Crippen molar-refractivity contribution in [1.82, 2.24) is 25.1 Å². The second-order valence-electron chi connectivity index (χ2n) is 10.1. The number of hydrogen-bond donors (Lipinski definition) is 2. The van der Waals surface area contributed by atoms with E-state index in [9.17, 15) is 18.0 Å². The molecule has 0 aliphatic carbocycles. The van der Waals surface area contributed by atoms with Crippen LogP contribution < -0.4 is 15.1 Å². The number of halogens is 4. The Balaban J connectivity index is 1.49. The van der Waals surface area contributed by atoms with Gasteiger partial charge in [-0.25, -0.2) is 14.4 Å². The molecule has 3 aromatic rings. The van der Waals surface area contributed by atoms with Crippen LogP contribution >= 0.6 is 0 Å². The lowest BCUT2D eigenvalue weighted by molar-refractivity contribution is -0.141. The Morgan fingerprint density at radius 1 is 1.05 bits per heavy atom. The van der Waals surface area contributed by atoms with E-state index < -0.39 is 29.3 Å². The third kappa shape index (κ3) is 5.72. The molecule has 5 rings (SSSR count). The topological polar surface area (TPSA) is 103 Å². The normalized spacial score (nSPS) is 20.6. The number of nitrogens with one attached hydrogen (secondary N) is 2. The van der Waals surface area contributed by atoms with Gasteiger partial charge in [0.2, 0.25) is 5.95 Å². The van der Waals surface area contributed by atoms with Gasteiger partial charge in [-0.1, -0.05) is 0 Å². The molecular weight excluding hydrogens is 532 g/mol. The van der Waals surface area contributed by atoms with Crippen molar-refractivity contribution >= 4 is 23.2 Å². The Labute approximate surface area is 228 Å². The van der Waals surface area contributed by atoms with Crippen molar-refractivity contribution in [2.45, 2.75) is 32.1 Å². The molecule has 0 bridgehead atoms.